The molecule has 0 atom stereocenters. The molecule has 0 aliphatic rings. The normalized spacial score (nSPS) is 12.2. The predicted octanol–water partition coefficient (Wildman–Crippen LogP) is 3.57. The van der Waals surface area contributed by atoms with E-state index < -0.39 is 11.7 Å². The van der Waals surface area contributed by atoms with Crippen LogP contribution in [0.2, 0.25) is 0 Å². The molecule has 126 valence electrons. The van der Waals surface area contributed by atoms with Crippen molar-refractivity contribution in [3.8, 4) is 11.5 Å². The number of aromatic nitrogens is 4. The van der Waals surface area contributed by atoms with Gasteiger partial charge in [0.1, 0.15) is 0 Å². The lowest BCUT2D eigenvalue weighted by Crippen LogP contribution is -2.10. The number of aromatic amines is 1. The SMILES string of the molecule is Cc1c(-c2nc3ccc(C(F)(F)F)cn3n2)[nH]c2ccccc2c1=O. The summed E-state index contributed by atoms with van der Waals surface area (Å²) in [5.41, 5.74) is 0.685. The highest BCUT2D eigenvalue weighted by Gasteiger charge is 2.31. The third kappa shape index (κ3) is 2.46. The maximum absolute atomic E-state index is 12.8. The smallest absolute Gasteiger partial charge is 0.351 e. The van der Waals surface area contributed by atoms with Gasteiger partial charge in [0.25, 0.3) is 0 Å². The molecular weight excluding hydrogens is 333 g/mol. The molecule has 4 aromatic rings. The highest BCUT2D eigenvalue weighted by atomic mass is 19.4. The maximum Gasteiger partial charge on any atom is 0.417 e. The maximum atomic E-state index is 12.8. The molecule has 0 fully saturated rings. The number of hydrogen-bond donors (Lipinski definition) is 1. The number of nitrogens with one attached hydrogen (secondary N) is 1. The van der Waals surface area contributed by atoms with E-state index in [2.05, 4.69) is 15.1 Å². The highest BCUT2D eigenvalue weighted by Crippen LogP contribution is 2.29. The van der Waals surface area contributed by atoms with E-state index in [0.29, 0.717) is 22.2 Å². The van der Waals surface area contributed by atoms with E-state index in [1.54, 1.807) is 31.2 Å². The summed E-state index contributed by atoms with van der Waals surface area (Å²) in [6.07, 6.45) is -3.59. The van der Waals surface area contributed by atoms with Crippen LogP contribution in [0.25, 0.3) is 28.1 Å². The zero-order valence-electron chi connectivity index (χ0n) is 12.9. The first-order valence-corrected chi connectivity index (χ1v) is 7.40. The highest BCUT2D eigenvalue weighted by molar-refractivity contribution is 5.82. The molecule has 3 heterocycles. The fraction of sp³-hybridized carbons (Fsp3) is 0.118. The first-order chi connectivity index (χ1) is 11.8. The fourth-order valence-corrected chi connectivity index (χ4v) is 2.71. The van der Waals surface area contributed by atoms with Crippen LogP contribution >= 0.6 is 0 Å². The Morgan fingerprint density at radius 2 is 1.88 bits per heavy atom. The second kappa shape index (κ2) is 5.17. The third-order valence-electron chi connectivity index (χ3n) is 4.03. The molecule has 0 radical (unpaired) electrons. The molecule has 0 spiro atoms. The number of fused-ring (bicyclic) bond motifs is 2. The quantitative estimate of drug-likeness (QED) is 0.574. The summed E-state index contributed by atoms with van der Waals surface area (Å²) in [6.45, 7) is 1.63. The molecule has 5 nitrogen and oxygen atoms in total. The number of para-hydroxylation sites is 1. The molecule has 3 aromatic heterocycles. The Morgan fingerprint density at radius 3 is 2.64 bits per heavy atom. The van der Waals surface area contributed by atoms with Gasteiger partial charge in [0.05, 0.1) is 11.3 Å². The van der Waals surface area contributed by atoms with Gasteiger partial charge in [-0.15, -0.1) is 5.10 Å². The van der Waals surface area contributed by atoms with Crippen LogP contribution in [-0.4, -0.2) is 19.6 Å². The summed E-state index contributed by atoms with van der Waals surface area (Å²) in [6, 6.07) is 9.19. The van der Waals surface area contributed by atoms with Crippen LogP contribution in [0.4, 0.5) is 13.2 Å². The van der Waals surface area contributed by atoms with Crippen LogP contribution in [0.3, 0.4) is 0 Å². The van der Waals surface area contributed by atoms with E-state index in [0.717, 1.165) is 16.8 Å². The summed E-state index contributed by atoms with van der Waals surface area (Å²) in [7, 11) is 0. The zero-order valence-corrected chi connectivity index (χ0v) is 12.9. The Balaban J connectivity index is 1.94. The van der Waals surface area contributed by atoms with Crippen molar-refractivity contribution in [2.24, 2.45) is 0 Å². The Labute approximate surface area is 138 Å². The van der Waals surface area contributed by atoms with E-state index in [1.165, 1.54) is 6.07 Å². The van der Waals surface area contributed by atoms with Crippen molar-refractivity contribution in [3.05, 3.63) is 63.9 Å². The van der Waals surface area contributed by atoms with Gasteiger partial charge in [-0.3, -0.25) is 4.79 Å². The van der Waals surface area contributed by atoms with Gasteiger partial charge < -0.3 is 4.98 Å². The molecule has 1 aromatic carbocycles. The van der Waals surface area contributed by atoms with E-state index in [4.69, 9.17) is 0 Å². The molecule has 8 heteroatoms. The number of H-pyrrole nitrogens is 1. The van der Waals surface area contributed by atoms with Gasteiger partial charge in [0.15, 0.2) is 16.9 Å². The molecule has 0 aliphatic carbocycles. The Bertz CT molecular complexity index is 1170. The lowest BCUT2D eigenvalue weighted by molar-refractivity contribution is -0.137. The summed E-state index contributed by atoms with van der Waals surface area (Å²) < 4.78 is 39.5. The first-order valence-electron chi connectivity index (χ1n) is 7.40. The number of rotatable bonds is 1. The minimum Gasteiger partial charge on any atom is -0.351 e. The van der Waals surface area contributed by atoms with E-state index in [9.17, 15) is 18.0 Å². The molecule has 0 aliphatic heterocycles. The lowest BCUT2D eigenvalue weighted by atomic mass is 10.1. The standard InChI is InChI=1S/C17H11F3N4O/c1-9-14(21-12-5-3-2-4-11(12)15(9)25)16-22-13-7-6-10(17(18,19)20)8-24(13)23-16/h2-8H,1H3,(H,21,25). The predicted molar refractivity (Wildman–Crippen MR) is 86.3 cm³/mol. The summed E-state index contributed by atoms with van der Waals surface area (Å²) >= 11 is 0. The third-order valence-corrected chi connectivity index (χ3v) is 4.03. The average molecular weight is 344 g/mol. The van der Waals surface area contributed by atoms with Crippen molar-refractivity contribution in [1.82, 2.24) is 19.6 Å². The summed E-state index contributed by atoms with van der Waals surface area (Å²) in [4.78, 5) is 19.8. The van der Waals surface area contributed by atoms with Crippen LogP contribution in [-0.2, 0) is 6.18 Å². The minimum absolute atomic E-state index is 0.166. The molecule has 0 unspecified atom stereocenters. The van der Waals surface area contributed by atoms with Crippen LogP contribution in [0.1, 0.15) is 11.1 Å². The molecule has 0 bridgehead atoms. The number of alkyl halides is 3. The van der Waals surface area contributed by atoms with E-state index >= 15 is 0 Å². The molecular formula is C17H11F3N4O. The molecule has 0 saturated heterocycles. The molecule has 0 amide bonds. The summed E-state index contributed by atoms with van der Waals surface area (Å²) in [5, 5.41) is 4.64. The van der Waals surface area contributed by atoms with Gasteiger partial charge in [-0.2, -0.15) is 13.2 Å². The van der Waals surface area contributed by atoms with Crippen molar-refractivity contribution >= 4 is 16.6 Å². The van der Waals surface area contributed by atoms with Crippen LogP contribution in [0.5, 0.6) is 0 Å². The first kappa shape index (κ1) is 15.4. The average Bonchev–Trinajstić information content (AvgIpc) is 3.00. The Kier molecular flexibility index (Phi) is 3.18. The van der Waals surface area contributed by atoms with Crippen molar-refractivity contribution in [2.75, 3.05) is 0 Å². The van der Waals surface area contributed by atoms with Crippen LogP contribution in [0, 0.1) is 6.92 Å². The zero-order chi connectivity index (χ0) is 17.8. The van der Waals surface area contributed by atoms with E-state index in [-0.39, 0.29) is 16.9 Å². The largest absolute Gasteiger partial charge is 0.417 e. The monoisotopic (exact) mass is 344 g/mol. The topological polar surface area (TPSA) is 63.1 Å². The molecule has 4 rings (SSSR count). The van der Waals surface area contributed by atoms with Gasteiger partial charge >= 0.3 is 6.18 Å². The number of benzene rings is 1. The van der Waals surface area contributed by atoms with Crippen molar-refractivity contribution in [1.29, 1.82) is 0 Å². The minimum atomic E-state index is -4.46. The van der Waals surface area contributed by atoms with E-state index in [1.807, 2.05) is 0 Å². The Morgan fingerprint density at radius 1 is 1.12 bits per heavy atom. The van der Waals surface area contributed by atoms with Gasteiger partial charge in [0, 0.05) is 22.7 Å². The second-order valence-electron chi connectivity index (χ2n) is 5.65. The number of hydrogen-bond acceptors (Lipinski definition) is 3. The number of pyridine rings is 2. The van der Waals surface area contributed by atoms with Crippen LogP contribution in [0.15, 0.2) is 47.4 Å². The van der Waals surface area contributed by atoms with Gasteiger partial charge in [-0.25, -0.2) is 9.50 Å². The lowest BCUT2D eigenvalue weighted by Gasteiger charge is -2.05. The number of halogens is 3. The van der Waals surface area contributed by atoms with Crippen molar-refractivity contribution in [3.63, 3.8) is 0 Å². The van der Waals surface area contributed by atoms with Gasteiger partial charge in [0.2, 0.25) is 0 Å². The molecule has 0 saturated carbocycles. The van der Waals surface area contributed by atoms with Crippen LogP contribution < -0.4 is 5.43 Å². The molecule has 25 heavy (non-hydrogen) atoms. The molecule has 1 N–H and O–H groups in total. The fourth-order valence-electron chi connectivity index (χ4n) is 2.71. The Hall–Kier alpha value is -3.16. The van der Waals surface area contributed by atoms with Crippen molar-refractivity contribution in [2.45, 2.75) is 13.1 Å². The second-order valence-corrected chi connectivity index (χ2v) is 5.65. The van der Waals surface area contributed by atoms with Crippen molar-refractivity contribution < 1.29 is 13.2 Å². The summed E-state index contributed by atoms with van der Waals surface area (Å²) in [5.74, 6) is 0.166. The van der Waals surface area contributed by atoms with Gasteiger partial charge in [-0.05, 0) is 31.2 Å². The number of nitrogens with zero attached hydrogens (tertiary/aromatic N) is 3. The van der Waals surface area contributed by atoms with Gasteiger partial charge in [-0.1, -0.05) is 12.1 Å².